The SMILES string of the molecule is CCN(Cc1ccccc1)c1cc(NCc2ccc(OC)c(OC)c2)nc(C)n1. The molecule has 1 heterocycles. The summed E-state index contributed by atoms with van der Waals surface area (Å²) in [5.41, 5.74) is 2.34. The lowest BCUT2D eigenvalue weighted by Gasteiger charge is -2.23. The molecule has 0 radical (unpaired) electrons. The van der Waals surface area contributed by atoms with Crippen LogP contribution in [0.2, 0.25) is 0 Å². The molecule has 0 aliphatic heterocycles. The molecule has 0 bridgehead atoms. The van der Waals surface area contributed by atoms with Crippen LogP contribution in [0.3, 0.4) is 0 Å². The highest BCUT2D eigenvalue weighted by atomic mass is 16.5. The van der Waals surface area contributed by atoms with Gasteiger partial charge in [-0.3, -0.25) is 0 Å². The van der Waals surface area contributed by atoms with Crippen LogP contribution in [0.25, 0.3) is 0 Å². The quantitative estimate of drug-likeness (QED) is 0.581. The topological polar surface area (TPSA) is 59.5 Å². The van der Waals surface area contributed by atoms with Gasteiger partial charge >= 0.3 is 0 Å². The third-order valence-corrected chi connectivity index (χ3v) is 4.67. The number of anilines is 2. The zero-order chi connectivity index (χ0) is 20.6. The molecule has 1 N–H and O–H groups in total. The molecule has 0 amide bonds. The normalized spacial score (nSPS) is 10.5. The Morgan fingerprint density at radius 3 is 2.34 bits per heavy atom. The average Bonchev–Trinajstić information content (AvgIpc) is 2.76. The number of hydrogen-bond donors (Lipinski definition) is 1. The Kier molecular flexibility index (Phi) is 6.89. The number of aromatic nitrogens is 2. The first-order valence-electron chi connectivity index (χ1n) is 9.72. The minimum absolute atomic E-state index is 0.626. The van der Waals surface area contributed by atoms with Crippen molar-refractivity contribution >= 4 is 11.6 Å². The van der Waals surface area contributed by atoms with Crippen molar-refractivity contribution in [2.75, 3.05) is 31.0 Å². The highest BCUT2D eigenvalue weighted by Crippen LogP contribution is 2.28. The van der Waals surface area contributed by atoms with Crippen molar-refractivity contribution in [1.29, 1.82) is 0 Å². The van der Waals surface area contributed by atoms with Gasteiger partial charge in [0.2, 0.25) is 0 Å². The molecule has 0 fully saturated rings. The molecule has 152 valence electrons. The number of hydrogen-bond acceptors (Lipinski definition) is 6. The predicted molar refractivity (Wildman–Crippen MR) is 117 cm³/mol. The zero-order valence-electron chi connectivity index (χ0n) is 17.5. The first kappa shape index (κ1) is 20.5. The largest absolute Gasteiger partial charge is 0.493 e. The molecule has 0 spiro atoms. The third-order valence-electron chi connectivity index (χ3n) is 4.67. The van der Waals surface area contributed by atoms with Gasteiger partial charge in [-0.15, -0.1) is 0 Å². The Morgan fingerprint density at radius 2 is 1.66 bits per heavy atom. The van der Waals surface area contributed by atoms with Gasteiger partial charge in [-0.05, 0) is 37.1 Å². The van der Waals surface area contributed by atoms with E-state index in [1.54, 1.807) is 14.2 Å². The van der Waals surface area contributed by atoms with E-state index in [4.69, 9.17) is 9.47 Å². The van der Waals surface area contributed by atoms with E-state index in [9.17, 15) is 0 Å². The first-order chi connectivity index (χ1) is 14.1. The number of methoxy groups -OCH3 is 2. The smallest absolute Gasteiger partial charge is 0.161 e. The molecule has 29 heavy (non-hydrogen) atoms. The lowest BCUT2D eigenvalue weighted by molar-refractivity contribution is 0.354. The lowest BCUT2D eigenvalue weighted by Crippen LogP contribution is -2.23. The summed E-state index contributed by atoms with van der Waals surface area (Å²) in [5.74, 6) is 3.89. The molecule has 0 unspecified atom stereocenters. The fourth-order valence-corrected chi connectivity index (χ4v) is 3.15. The van der Waals surface area contributed by atoms with Crippen molar-refractivity contribution in [2.45, 2.75) is 26.9 Å². The van der Waals surface area contributed by atoms with Crippen LogP contribution in [0.5, 0.6) is 11.5 Å². The van der Waals surface area contributed by atoms with E-state index in [0.717, 1.165) is 41.9 Å². The molecule has 3 aromatic rings. The van der Waals surface area contributed by atoms with Crippen molar-refractivity contribution < 1.29 is 9.47 Å². The number of nitrogens with zero attached hydrogens (tertiary/aromatic N) is 3. The van der Waals surface area contributed by atoms with Crippen LogP contribution >= 0.6 is 0 Å². The van der Waals surface area contributed by atoms with Crippen molar-refractivity contribution in [3.8, 4) is 11.5 Å². The molecule has 1 aromatic heterocycles. The number of rotatable bonds is 9. The summed E-state index contributed by atoms with van der Waals surface area (Å²) in [4.78, 5) is 11.4. The standard InChI is InChI=1S/C23H28N4O2/c1-5-27(16-18-9-7-6-8-10-18)23-14-22(25-17(2)26-23)24-15-19-11-12-20(28-3)21(13-19)29-4/h6-14H,5,15-16H2,1-4H3,(H,24,25,26). The van der Waals surface area contributed by atoms with Crippen LogP contribution < -0.4 is 19.7 Å². The van der Waals surface area contributed by atoms with Gasteiger partial charge in [0.1, 0.15) is 17.5 Å². The van der Waals surface area contributed by atoms with E-state index >= 15 is 0 Å². The van der Waals surface area contributed by atoms with Gasteiger partial charge in [-0.1, -0.05) is 36.4 Å². The highest BCUT2D eigenvalue weighted by Gasteiger charge is 2.11. The molecule has 0 atom stereocenters. The van der Waals surface area contributed by atoms with E-state index in [-0.39, 0.29) is 0 Å². The third kappa shape index (κ3) is 5.38. The predicted octanol–water partition coefficient (Wildman–Crippen LogP) is 4.44. The van der Waals surface area contributed by atoms with E-state index in [1.165, 1.54) is 5.56 Å². The van der Waals surface area contributed by atoms with Crippen LogP contribution in [-0.4, -0.2) is 30.7 Å². The molecule has 2 aromatic carbocycles. The molecular weight excluding hydrogens is 364 g/mol. The average molecular weight is 393 g/mol. The van der Waals surface area contributed by atoms with Crippen molar-refractivity contribution in [3.63, 3.8) is 0 Å². The Bertz CT molecular complexity index is 931. The second-order valence-electron chi connectivity index (χ2n) is 6.70. The summed E-state index contributed by atoms with van der Waals surface area (Å²) in [6.07, 6.45) is 0. The van der Waals surface area contributed by atoms with Gasteiger partial charge < -0.3 is 19.7 Å². The maximum atomic E-state index is 5.38. The molecule has 0 saturated carbocycles. The summed E-state index contributed by atoms with van der Waals surface area (Å²) in [6.45, 7) is 6.35. The van der Waals surface area contributed by atoms with Crippen LogP contribution in [0, 0.1) is 6.92 Å². The Labute approximate surface area is 172 Å². The van der Waals surface area contributed by atoms with E-state index in [0.29, 0.717) is 12.3 Å². The second-order valence-corrected chi connectivity index (χ2v) is 6.70. The molecular formula is C23H28N4O2. The molecule has 6 nitrogen and oxygen atoms in total. The minimum Gasteiger partial charge on any atom is -0.493 e. The van der Waals surface area contributed by atoms with E-state index in [2.05, 4.69) is 51.4 Å². The van der Waals surface area contributed by atoms with Gasteiger partial charge in [-0.25, -0.2) is 9.97 Å². The molecule has 6 heteroatoms. The summed E-state index contributed by atoms with van der Waals surface area (Å²) < 4.78 is 10.7. The van der Waals surface area contributed by atoms with E-state index < -0.39 is 0 Å². The fourth-order valence-electron chi connectivity index (χ4n) is 3.15. The summed E-state index contributed by atoms with van der Waals surface area (Å²) in [5, 5.41) is 3.40. The van der Waals surface area contributed by atoms with Crippen LogP contribution in [0.1, 0.15) is 23.9 Å². The molecule has 3 rings (SSSR count). The number of nitrogens with one attached hydrogen (secondary N) is 1. The summed E-state index contributed by atoms with van der Waals surface area (Å²) >= 11 is 0. The Morgan fingerprint density at radius 1 is 0.897 bits per heavy atom. The van der Waals surface area contributed by atoms with Crippen molar-refractivity contribution in [3.05, 3.63) is 71.5 Å². The number of benzene rings is 2. The molecule has 0 saturated heterocycles. The van der Waals surface area contributed by atoms with Crippen LogP contribution in [0.15, 0.2) is 54.6 Å². The highest BCUT2D eigenvalue weighted by molar-refractivity contribution is 5.51. The first-order valence-corrected chi connectivity index (χ1v) is 9.72. The van der Waals surface area contributed by atoms with E-state index in [1.807, 2.05) is 37.3 Å². The van der Waals surface area contributed by atoms with Gasteiger partial charge in [0.05, 0.1) is 14.2 Å². The maximum Gasteiger partial charge on any atom is 0.161 e. The second kappa shape index (κ2) is 9.78. The van der Waals surface area contributed by atoms with Crippen molar-refractivity contribution in [2.24, 2.45) is 0 Å². The van der Waals surface area contributed by atoms with Crippen LogP contribution in [-0.2, 0) is 13.1 Å². The Balaban J connectivity index is 1.74. The maximum absolute atomic E-state index is 5.38. The van der Waals surface area contributed by atoms with Crippen molar-refractivity contribution in [1.82, 2.24) is 9.97 Å². The lowest BCUT2D eigenvalue weighted by atomic mass is 10.2. The number of aryl methyl sites for hydroxylation is 1. The fraction of sp³-hybridized carbons (Fsp3) is 0.304. The minimum atomic E-state index is 0.626. The Hall–Kier alpha value is -3.28. The van der Waals surface area contributed by atoms with Gasteiger partial charge in [0, 0.05) is 25.7 Å². The summed E-state index contributed by atoms with van der Waals surface area (Å²) in [7, 11) is 3.27. The zero-order valence-corrected chi connectivity index (χ0v) is 17.5. The molecule has 0 aliphatic rings. The number of ether oxygens (including phenoxy) is 2. The van der Waals surface area contributed by atoms with Gasteiger partial charge in [-0.2, -0.15) is 0 Å². The van der Waals surface area contributed by atoms with Crippen LogP contribution in [0.4, 0.5) is 11.6 Å². The summed E-state index contributed by atoms with van der Waals surface area (Å²) in [6, 6.07) is 18.3. The van der Waals surface area contributed by atoms with Gasteiger partial charge in [0.25, 0.3) is 0 Å². The van der Waals surface area contributed by atoms with Gasteiger partial charge in [0.15, 0.2) is 11.5 Å². The monoisotopic (exact) mass is 392 g/mol. The molecule has 0 aliphatic carbocycles.